The van der Waals surface area contributed by atoms with Gasteiger partial charge >= 0.3 is 0 Å². The molecular formula is C28H31BrCl2N2O2. The van der Waals surface area contributed by atoms with Crippen LogP contribution >= 0.6 is 39.1 Å². The van der Waals surface area contributed by atoms with E-state index in [9.17, 15) is 0 Å². The monoisotopic (exact) mass is 576 g/mol. The highest BCUT2D eigenvalue weighted by Crippen LogP contribution is 2.38. The molecule has 3 aromatic carbocycles. The number of rotatable bonds is 10. The van der Waals surface area contributed by atoms with Crippen LogP contribution in [0.4, 0.5) is 0 Å². The minimum atomic E-state index is 0.327. The van der Waals surface area contributed by atoms with Gasteiger partial charge in [-0.2, -0.15) is 0 Å². The lowest BCUT2D eigenvalue weighted by Gasteiger charge is -2.32. The van der Waals surface area contributed by atoms with Gasteiger partial charge in [0.15, 0.2) is 11.5 Å². The van der Waals surface area contributed by atoms with Crippen LogP contribution in [0.25, 0.3) is 0 Å². The van der Waals surface area contributed by atoms with Crippen molar-refractivity contribution in [1.82, 2.24) is 10.2 Å². The molecule has 1 saturated heterocycles. The Bertz CT molecular complexity index is 1110. The summed E-state index contributed by atoms with van der Waals surface area (Å²) < 4.78 is 12.9. The maximum Gasteiger partial charge on any atom is 0.175 e. The number of ether oxygens (including phenoxy) is 2. The van der Waals surface area contributed by atoms with Crippen molar-refractivity contribution in [1.29, 1.82) is 0 Å². The molecule has 0 radical (unpaired) electrons. The quantitative estimate of drug-likeness (QED) is 0.271. The molecule has 1 aliphatic heterocycles. The summed E-state index contributed by atoms with van der Waals surface area (Å²) in [5.41, 5.74) is 3.41. The predicted molar refractivity (Wildman–Crippen MR) is 148 cm³/mol. The average Bonchev–Trinajstić information content (AvgIpc) is 2.85. The number of benzene rings is 3. The van der Waals surface area contributed by atoms with Crippen molar-refractivity contribution in [2.24, 2.45) is 0 Å². The van der Waals surface area contributed by atoms with Gasteiger partial charge in [0.05, 0.1) is 11.1 Å². The van der Waals surface area contributed by atoms with Crippen LogP contribution in [0.5, 0.6) is 11.5 Å². The summed E-state index contributed by atoms with van der Waals surface area (Å²) in [4.78, 5) is 2.54. The van der Waals surface area contributed by atoms with E-state index in [4.69, 9.17) is 32.7 Å². The lowest BCUT2D eigenvalue weighted by atomic mass is 10.0. The zero-order chi connectivity index (χ0) is 24.6. The highest BCUT2D eigenvalue weighted by atomic mass is 79.9. The van der Waals surface area contributed by atoms with Gasteiger partial charge in [-0.05, 0) is 84.2 Å². The Kier molecular flexibility index (Phi) is 9.75. The minimum absolute atomic E-state index is 0.327. The molecule has 1 N–H and O–H groups in total. The molecule has 4 rings (SSSR count). The minimum Gasteiger partial charge on any atom is -0.490 e. The van der Waals surface area contributed by atoms with E-state index in [1.165, 1.54) is 5.56 Å². The first-order chi connectivity index (χ1) is 17.0. The summed E-state index contributed by atoms with van der Waals surface area (Å²) in [6.45, 7) is 6.89. The molecule has 1 aliphatic rings. The fraction of sp³-hybridized carbons (Fsp3) is 0.357. The topological polar surface area (TPSA) is 33.7 Å². The zero-order valence-electron chi connectivity index (χ0n) is 19.9. The second-order valence-corrected chi connectivity index (χ2v) is 10.5. The van der Waals surface area contributed by atoms with E-state index in [1.54, 1.807) is 6.07 Å². The van der Waals surface area contributed by atoms with Gasteiger partial charge in [-0.3, -0.25) is 4.90 Å². The van der Waals surface area contributed by atoms with Gasteiger partial charge in [-0.15, -0.1) is 0 Å². The molecule has 0 bridgehead atoms. The highest BCUT2D eigenvalue weighted by Gasteiger charge is 2.20. The fourth-order valence-corrected chi connectivity index (χ4v) is 5.38. The molecule has 1 fully saturated rings. The molecular weight excluding hydrogens is 547 g/mol. The lowest BCUT2D eigenvalue weighted by molar-refractivity contribution is 0.190. The standard InChI is InChI=1S/C28H31BrCl2N2O2/c1-2-34-27-15-21(14-25(29)28(27)35-19-22-8-9-23(30)16-26(22)31)17-32-24-10-12-33(13-11-24)18-20-6-4-3-5-7-20/h3-9,14-16,24,32H,2,10-13,17-19H2,1H3. The smallest absolute Gasteiger partial charge is 0.175 e. The summed E-state index contributed by atoms with van der Waals surface area (Å²) in [6.07, 6.45) is 2.30. The van der Waals surface area contributed by atoms with Gasteiger partial charge in [-0.25, -0.2) is 0 Å². The van der Waals surface area contributed by atoms with E-state index >= 15 is 0 Å². The van der Waals surface area contributed by atoms with E-state index in [1.807, 2.05) is 19.1 Å². The molecule has 186 valence electrons. The molecule has 0 atom stereocenters. The van der Waals surface area contributed by atoms with E-state index in [0.717, 1.165) is 60.4 Å². The van der Waals surface area contributed by atoms with Crippen LogP contribution in [0.1, 0.15) is 36.5 Å². The van der Waals surface area contributed by atoms with Crippen molar-refractivity contribution in [2.45, 2.75) is 45.5 Å². The molecule has 0 unspecified atom stereocenters. The van der Waals surface area contributed by atoms with Crippen LogP contribution in [-0.4, -0.2) is 30.6 Å². The summed E-state index contributed by atoms with van der Waals surface area (Å²) in [5, 5.41) is 4.93. The second kappa shape index (κ2) is 13.0. The molecule has 0 aliphatic carbocycles. The third kappa shape index (κ3) is 7.61. The summed E-state index contributed by atoms with van der Waals surface area (Å²) in [5.74, 6) is 1.40. The maximum atomic E-state index is 6.31. The van der Waals surface area contributed by atoms with Crippen molar-refractivity contribution in [3.05, 3.63) is 91.9 Å². The number of piperidine rings is 1. The van der Waals surface area contributed by atoms with E-state index < -0.39 is 0 Å². The lowest BCUT2D eigenvalue weighted by Crippen LogP contribution is -2.41. The Morgan fingerprint density at radius 1 is 0.971 bits per heavy atom. The number of hydrogen-bond acceptors (Lipinski definition) is 4. The SMILES string of the molecule is CCOc1cc(CNC2CCN(Cc3ccccc3)CC2)cc(Br)c1OCc1ccc(Cl)cc1Cl. The molecule has 4 nitrogen and oxygen atoms in total. The van der Waals surface area contributed by atoms with Crippen molar-refractivity contribution in [3.8, 4) is 11.5 Å². The first-order valence-electron chi connectivity index (χ1n) is 12.0. The predicted octanol–water partition coefficient (Wildman–Crippen LogP) is 7.49. The maximum absolute atomic E-state index is 6.31. The zero-order valence-corrected chi connectivity index (χ0v) is 23.0. The van der Waals surface area contributed by atoms with Crippen LogP contribution in [0.2, 0.25) is 10.0 Å². The van der Waals surface area contributed by atoms with Crippen LogP contribution < -0.4 is 14.8 Å². The molecule has 0 spiro atoms. The number of likely N-dealkylation sites (tertiary alicyclic amines) is 1. The molecule has 1 heterocycles. The third-order valence-electron chi connectivity index (χ3n) is 6.19. The summed E-state index contributed by atoms with van der Waals surface area (Å²) in [7, 11) is 0. The Hall–Kier alpha value is -1.76. The molecule has 0 aromatic heterocycles. The van der Waals surface area contributed by atoms with Gasteiger partial charge in [0.25, 0.3) is 0 Å². The van der Waals surface area contributed by atoms with Crippen molar-refractivity contribution >= 4 is 39.1 Å². The molecule has 35 heavy (non-hydrogen) atoms. The summed E-state index contributed by atoms with van der Waals surface area (Å²) in [6, 6.07) is 20.8. The van der Waals surface area contributed by atoms with E-state index in [2.05, 4.69) is 68.6 Å². The first kappa shape index (κ1) is 26.3. The van der Waals surface area contributed by atoms with Gasteiger partial charge in [0, 0.05) is 34.7 Å². The van der Waals surface area contributed by atoms with Gasteiger partial charge in [0.1, 0.15) is 6.61 Å². The first-order valence-corrected chi connectivity index (χ1v) is 13.6. The molecule has 0 saturated carbocycles. The van der Waals surface area contributed by atoms with E-state index in [0.29, 0.717) is 35.1 Å². The largest absolute Gasteiger partial charge is 0.490 e. The number of hydrogen-bond donors (Lipinski definition) is 1. The highest BCUT2D eigenvalue weighted by molar-refractivity contribution is 9.10. The van der Waals surface area contributed by atoms with E-state index in [-0.39, 0.29) is 0 Å². The van der Waals surface area contributed by atoms with Gasteiger partial charge in [0.2, 0.25) is 0 Å². The molecule has 0 amide bonds. The van der Waals surface area contributed by atoms with Crippen LogP contribution in [-0.2, 0) is 19.7 Å². The number of halogens is 3. The molecule has 3 aromatic rings. The normalized spacial score (nSPS) is 14.7. The summed E-state index contributed by atoms with van der Waals surface area (Å²) >= 11 is 16.0. The van der Waals surface area contributed by atoms with Crippen molar-refractivity contribution < 1.29 is 9.47 Å². The van der Waals surface area contributed by atoms with Gasteiger partial charge in [-0.1, -0.05) is 59.6 Å². The van der Waals surface area contributed by atoms with Crippen molar-refractivity contribution in [2.75, 3.05) is 19.7 Å². The Labute approximate surface area is 226 Å². The van der Waals surface area contributed by atoms with Crippen LogP contribution in [0.15, 0.2) is 65.1 Å². The number of nitrogens with zero attached hydrogens (tertiary/aromatic N) is 1. The number of nitrogens with one attached hydrogen (secondary N) is 1. The van der Waals surface area contributed by atoms with Crippen LogP contribution in [0, 0.1) is 0 Å². The molecule has 7 heteroatoms. The Morgan fingerprint density at radius 2 is 1.74 bits per heavy atom. The van der Waals surface area contributed by atoms with Crippen LogP contribution in [0.3, 0.4) is 0 Å². The average molecular weight is 578 g/mol. The fourth-order valence-electron chi connectivity index (χ4n) is 4.31. The Balaban J connectivity index is 1.32. The Morgan fingerprint density at radius 3 is 2.46 bits per heavy atom. The van der Waals surface area contributed by atoms with Gasteiger partial charge < -0.3 is 14.8 Å². The third-order valence-corrected chi connectivity index (χ3v) is 7.36. The second-order valence-electron chi connectivity index (χ2n) is 8.78. The van der Waals surface area contributed by atoms with Crippen molar-refractivity contribution in [3.63, 3.8) is 0 Å².